The van der Waals surface area contributed by atoms with Crippen molar-refractivity contribution in [1.29, 1.82) is 0 Å². The highest BCUT2D eigenvalue weighted by Crippen LogP contribution is 2.24. The molecular weight excluding hydrogens is 302 g/mol. The topological polar surface area (TPSA) is 67.6 Å². The Hall–Kier alpha value is -2.08. The van der Waals surface area contributed by atoms with Gasteiger partial charge in [0, 0.05) is 12.6 Å². The Labute approximate surface area is 129 Å². The van der Waals surface area contributed by atoms with Gasteiger partial charge < -0.3 is 9.32 Å². The minimum Gasteiger partial charge on any atom is -0.459 e. The van der Waals surface area contributed by atoms with Gasteiger partial charge in [-0.25, -0.2) is 8.42 Å². The van der Waals surface area contributed by atoms with Crippen molar-refractivity contribution >= 4 is 15.7 Å². The molecule has 1 atom stereocenters. The van der Waals surface area contributed by atoms with Gasteiger partial charge in [-0.2, -0.15) is 0 Å². The highest BCUT2D eigenvalue weighted by molar-refractivity contribution is 7.91. The summed E-state index contributed by atoms with van der Waals surface area (Å²) in [6.07, 6.45) is 2.94. The van der Waals surface area contributed by atoms with Crippen molar-refractivity contribution in [3.63, 3.8) is 0 Å². The van der Waals surface area contributed by atoms with Crippen LogP contribution in [0.3, 0.4) is 0 Å². The summed E-state index contributed by atoms with van der Waals surface area (Å²) >= 11 is 0. The van der Waals surface area contributed by atoms with Crippen LogP contribution in [0.25, 0.3) is 0 Å². The predicted octanol–water partition coefficient (Wildman–Crippen LogP) is 2.36. The van der Waals surface area contributed by atoms with E-state index in [1.165, 1.54) is 6.26 Å². The summed E-state index contributed by atoms with van der Waals surface area (Å²) in [6, 6.07) is 11.3. The van der Waals surface area contributed by atoms with Gasteiger partial charge in [0.2, 0.25) is 0 Å². The summed E-state index contributed by atoms with van der Waals surface area (Å²) in [7, 11) is -3.40. The third-order valence-electron chi connectivity index (χ3n) is 3.88. The third-order valence-corrected chi connectivity index (χ3v) is 5.70. The van der Waals surface area contributed by atoms with Crippen molar-refractivity contribution in [2.75, 3.05) is 12.3 Å². The average molecular weight is 319 g/mol. The molecule has 1 aliphatic heterocycles. The van der Waals surface area contributed by atoms with Crippen molar-refractivity contribution in [3.05, 3.63) is 54.5 Å². The smallest absolute Gasteiger partial charge is 0.289 e. The molecule has 1 saturated heterocycles. The van der Waals surface area contributed by atoms with Crippen molar-refractivity contribution < 1.29 is 17.6 Å². The lowest BCUT2D eigenvalue weighted by atomic mass is 10.2. The number of rotatable bonds is 4. The SMILES string of the molecule is O=C(c1ccco1)N1CCC[C@@H]1CS(=O)(=O)c1ccccc1. The molecule has 0 radical (unpaired) electrons. The van der Waals surface area contributed by atoms with Gasteiger partial charge in [-0.05, 0) is 37.1 Å². The molecule has 1 amide bonds. The second-order valence-corrected chi connectivity index (χ2v) is 7.40. The van der Waals surface area contributed by atoms with E-state index in [0.717, 1.165) is 6.42 Å². The van der Waals surface area contributed by atoms with Crippen molar-refractivity contribution in [1.82, 2.24) is 4.90 Å². The fourth-order valence-corrected chi connectivity index (χ4v) is 4.41. The fourth-order valence-electron chi connectivity index (χ4n) is 2.80. The Morgan fingerprint density at radius 1 is 1.18 bits per heavy atom. The van der Waals surface area contributed by atoms with E-state index < -0.39 is 9.84 Å². The lowest BCUT2D eigenvalue weighted by Gasteiger charge is -2.23. The molecule has 1 aliphatic rings. The minimum absolute atomic E-state index is 0.0521. The fraction of sp³-hybridized carbons (Fsp3) is 0.312. The highest BCUT2D eigenvalue weighted by Gasteiger charge is 2.34. The van der Waals surface area contributed by atoms with Crippen LogP contribution in [0.1, 0.15) is 23.4 Å². The molecule has 0 unspecified atom stereocenters. The summed E-state index contributed by atoms with van der Waals surface area (Å²) in [5.74, 6) is -0.0384. The summed E-state index contributed by atoms with van der Waals surface area (Å²) in [5, 5.41) is 0. The maximum Gasteiger partial charge on any atom is 0.289 e. The first-order chi connectivity index (χ1) is 10.6. The first kappa shape index (κ1) is 14.8. The van der Waals surface area contributed by atoms with Crippen LogP contribution in [-0.4, -0.2) is 37.6 Å². The van der Waals surface area contributed by atoms with Crippen LogP contribution in [0.2, 0.25) is 0 Å². The zero-order chi connectivity index (χ0) is 15.6. The molecule has 5 nitrogen and oxygen atoms in total. The number of amides is 1. The van der Waals surface area contributed by atoms with Gasteiger partial charge in [-0.1, -0.05) is 18.2 Å². The molecule has 6 heteroatoms. The van der Waals surface area contributed by atoms with E-state index in [2.05, 4.69) is 0 Å². The number of hydrogen-bond acceptors (Lipinski definition) is 4. The predicted molar refractivity (Wildman–Crippen MR) is 81.3 cm³/mol. The second kappa shape index (κ2) is 5.96. The van der Waals surface area contributed by atoms with E-state index in [9.17, 15) is 13.2 Å². The molecule has 0 saturated carbocycles. The van der Waals surface area contributed by atoms with Crippen molar-refractivity contribution in [2.24, 2.45) is 0 Å². The van der Waals surface area contributed by atoms with Gasteiger partial charge in [0.1, 0.15) is 0 Å². The maximum absolute atomic E-state index is 12.5. The molecule has 1 aromatic carbocycles. The largest absolute Gasteiger partial charge is 0.459 e. The van der Waals surface area contributed by atoms with Gasteiger partial charge in [0.25, 0.3) is 5.91 Å². The zero-order valence-corrected chi connectivity index (χ0v) is 12.8. The highest BCUT2D eigenvalue weighted by atomic mass is 32.2. The normalized spacial score (nSPS) is 18.5. The molecule has 1 aromatic heterocycles. The van der Waals surface area contributed by atoms with E-state index in [4.69, 9.17) is 4.42 Å². The summed E-state index contributed by atoms with van der Waals surface area (Å²) in [5.41, 5.74) is 0. The molecule has 0 aliphatic carbocycles. The van der Waals surface area contributed by atoms with Crippen LogP contribution in [0.4, 0.5) is 0 Å². The van der Waals surface area contributed by atoms with Gasteiger partial charge in [0.05, 0.1) is 16.9 Å². The summed E-state index contributed by atoms with van der Waals surface area (Å²) < 4.78 is 30.1. The first-order valence-corrected chi connectivity index (χ1v) is 8.85. The number of carbonyl (C=O) groups is 1. The number of hydrogen-bond donors (Lipinski definition) is 0. The van der Waals surface area contributed by atoms with Crippen molar-refractivity contribution in [2.45, 2.75) is 23.8 Å². The van der Waals surface area contributed by atoms with Gasteiger partial charge in [-0.15, -0.1) is 0 Å². The lowest BCUT2D eigenvalue weighted by molar-refractivity contribution is 0.0717. The van der Waals surface area contributed by atoms with E-state index in [0.29, 0.717) is 17.9 Å². The van der Waals surface area contributed by atoms with Gasteiger partial charge in [-0.3, -0.25) is 4.79 Å². The molecule has 22 heavy (non-hydrogen) atoms. The van der Waals surface area contributed by atoms with Gasteiger partial charge in [0.15, 0.2) is 15.6 Å². The Balaban J connectivity index is 1.78. The average Bonchev–Trinajstić information content (AvgIpc) is 3.18. The lowest BCUT2D eigenvalue weighted by Crippen LogP contribution is -2.39. The van der Waals surface area contributed by atoms with E-state index in [1.807, 2.05) is 0 Å². The molecule has 0 N–H and O–H groups in total. The van der Waals surface area contributed by atoms with Crippen LogP contribution in [0.15, 0.2) is 58.0 Å². The molecule has 0 spiro atoms. The van der Waals surface area contributed by atoms with E-state index in [-0.39, 0.29) is 23.5 Å². The molecule has 3 rings (SSSR count). The van der Waals surface area contributed by atoms with Crippen LogP contribution >= 0.6 is 0 Å². The minimum atomic E-state index is -3.40. The van der Waals surface area contributed by atoms with Crippen LogP contribution in [0, 0.1) is 0 Å². The quantitative estimate of drug-likeness (QED) is 0.867. The number of sulfone groups is 1. The molecule has 2 heterocycles. The first-order valence-electron chi connectivity index (χ1n) is 7.20. The second-order valence-electron chi connectivity index (χ2n) is 5.37. The van der Waals surface area contributed by atoms with Gasteiger partial charge >= 0.3 is 0 Å². The Morgan fingerprint density at radius 3 is 2.64 bits per heavy atom. The maximum atomic E-state index is 12.5. The Bertz CT molecular complexity index is 738. The van der Waals surface area contributed by atoms with Crippen LogP contribution in [-0.2, 0) is 9.84 Å². The monoisotopic (exact) mass is 319 g/mol. The van der Waals surface area contributed by atoms with Crippen LogP contribution in [0.5, 0.6) is 0 Å². The number of carbonyl (C=O) groups excluding carboxylic acids is 1. The Morgan fingerprint density at radius 2 is 1.95 bits per heavy atom. The molecule has 116 valence electrons. The molecule has 0 bridgehead atoms. The third kappa shape index (κ3) is 2.92. The summed E-state index contributed by atoms with van der Waals surface area (Å²) in [4.78, 5) is 14.3. The Kier molecular flexibility index (Phi) is 4.02. The van der Waals surface area contributed by atoms with E-state index in [1.54, 1.807) is 47.4 Å². The standard InChI is InChI=1S/C16H17NO4S/c18-16(15-9-5-11-21-15)17-10-4-6-13(17)12-22(19,20)14-7-2-1-3-8-14/h1-3,5,7-9,11,13H,4,6,10,12H2/t13-/m1/s1. The number of benzene rings is 1. The number of furan rings is 1. The van der Waals surface area contributed by atoms with E-state index >= 15 is 0 Å². The summed E-state index contributed by atoms with van der Waals surface area (Å²) in [6.45, 7) is 0.564. The molecule has 1 fully saturated rings. The number of likely N-dealkylation sites (tertiary alicyclic amines) is 1. The molecular formula is C16H17NO4S. The van der Waals surface area contributed by atoms with Crippen LogP contribution < -0.4 is 0 Å². The van der Waals surface area contributed by atoms with Crippen molar-refractivity contribution in [3.8, 4) is 0 Å². The molecule has 2 aromatic rings. The zero-order valence-electron chi connectivity index (χ0n) is 12.0. The number of nitrogens with zero attached hydrogens (tertiary/aromatic N) is 1.